The number of aryl methyl sites for hydroxylation is 1. The maximum atomic E-state index is 12.7. The van der Waals surface area contributed by atoms with Crippen molar-refractivity contribution in [1.82, 2.24) is 0 Å². The van der Waals surface area contributed by atoms with Crippen molar-refractivity contribution in [2.75, 3.05) is 5.32 Å². The lowest BCUT2D eigenvalue weighted by molar-refractivity contribution is 0.0696. The zero-order chi connectivity index (χ0) is 22.0. The minimum Gasteiger partial charge on any atom is -0.491 e. The fourth-order valence-electron chi connectivity index (χ4n) is 4.08. The highest BCUT2D eigenvalue weighted by Crippen LogP contribution is 2.39. The van der Waals surface area contributed by atoms with E-state index >= 15 is 0 Å². The molecule has 1 aliphatic rings. The molecule has 2 aromatic carbocycles. The van der Waals surface area contributed by atoms with Crippen LogP contribution in [0.15, 0.2) is 53.9 Å². The van der Waals surface area contributed by atoms with Gasteiger partial charge in [-0.15, -0.1) is 11.3 Å². The highest BCUT2D eigenvalue weighted by Gasteiger charge is 2.28. The topological polar surface area (TPSA) is 75.6 Å². The van der Waals surface area contributed by atoms with E-state index in [0.717, 1.165) is 24.8 Å². The van der Waals surface area contributed by atoms with Gasteiger partial charge in [0.25, 0.3) is 5.91 Å². The second-order valence-electron chi connectivity index (χ2n) is 8.05. The monoisotopic (exact) mass is 435 g/mol. The van der Waals surface area contributed by atoms with Crippen LogP contribution in [0.25, 0.3) is 0 Å². The lowest BCUT2D eigenvalue weighted by Crippen LogP contribution is -2.17. The summed E-state index contributed by atoms with van der Waals surface area (Å²) < 4.78 is 5.61. The van der Waals surface area contributed by atoms with Gasteiger partial charge in [-0.25, -0.2) is 4.79 Å². The van der Waals surface area contributed by atoms with E-state index in [1.54, 1.807) is 24.3 Å². The molecule has 4 rings (SSSR count). The molecule has 1 aromatic heterocycles. The second kappa shape index (κ2) is 8.94. The number of carbonyl (C=O) groups excluding carboxylic acids is 1. The molecule has 1 amide bonds. The Hall–Kier alpha value is -3.12. The van der Waals surface area contributed by atoms with Gasteiger partial charge in [0.15, 0.2) is 0 Å². The Morgan fingerprint density at radius 3 is 2.48 bits per heavy atom. The highest BCUT2D eigenvalue weighted by molar-refractivity contribution is 7.15. The first kappa shape index (κ1) is 21.1. The molecule has 31 heavy (non-hydrogen) atoms. The standard InChI is InChI=1S/C25H25NO4S/c1-15(2)30-20-11-9-17(10-12-20)23(27)26-24-22(25(28)29)21(14-31-24)19-8-7-16-5-3-4-6-18(16)13-19/h3-6,9-12,14-15,19H,7-8,13H2,1-2H3,(H,26,27)(H,28,29). The Bertz CT molecular complexity index is 1100. The molecular weight excluding hydrogens is 410 g/mol. The average molecular weight is 436 g/mol. The Balaban J connectivity index is 1.54. The number of amides is 1. The Kier molecular flexibility index (Phi) is 6.09. The number of thiophene rings is 1. The third kappa shape index (κ3) is 4.64. The van der Waals surface area contributed by atoms with Gasteiger partial charge in [0.05, 0.1) is 11.7 Å². The molecule has 1 unspecified atom stereocenters. The van der Waals surface area contributed by atoms with E-state index in [2.05, 4.69) is 17.4 Å². The van der Waals surface area contributed by atoms with E-state index < -0.39 is 5.97 Å². The highest BCUT2D eigenvalue weighted by atomic mass is 32.1. The summed E-state index contributed by atoms with van der Waals surface area (Å²) in [4.78, 5) is 24.8. The van der Waals surface area contributed by atoms with E-state index in [9.17, 15) is 14.7 Å². The summed E-state index contributed by atoms with van der Waals surface area (Å²) in [5.74, 6) is -0.517. The van der Waals surface area contributed by atoms with E-state index in [-0.39, 0.29) is 23.5 Å². The molecular formula is C25H25NO4S. The molecule has 3 aromatic rings. The molecule has 5 nitrogen and oxygen atoms in total. The Morgan fingerprint density at radius 1 is 1.10 bits per heavy atom. The van der Waals surface area contributed by atoms with Gasteiger partial charge in [-0.2, -0.15) is 0 Å². The molecule has 1 heterocycles. The van der Waals surface area contributed by atoms with Crippen LogP contribution in [0.5, 0.6) is 5.75 Å². The van der Waals surface area contributed by atoms with E-state index in [1.807, 2.05) is 31.4 Å². The van der Waals surface area contributed by atoms with E-state index in [1.165, 1.54) is 22.5 Å². The van der Waals surface area contributed by atoms with Crippen molar-refractivity contribution < 1.29 is 19.4 Å². The number of rotatable bonds is 6. The van der Waals surface area contributed by atoms with Gasteiger partial charge in [-0.1, -0.05) is 24.3 Å². The Morgan fingerprint density at radius 2 is 1.81 bits per heavy atom. The van der Waals surface area contributed by atoms with E-state index in [0.29, 0.717) is 16.3 Å². The van der Waals surface area contributed by atoms with Gasteiger partial charge in [-0.05, 0) is 85.4 Å². The summed E-state index contributed by atoms with van der Waals surface area (Å²) in [6.07, 6.45) is 2.70. The molecule has 1 aliphatic carbocycles. The summed E-state index contributed by atoms with van der Waals surface area (Å²) in [6.45, 7) is 3.88. The van der Waals surface area contributed by atoms with Gasteiger partial charge in [0.2, 0.25) is 0 Å². The van der Waals surface area contributed by atoms with Crippen molar-refractivity contribution in [3.63, 3.8) is 0 Å². The fraction of sp³-hybridized carbons (Fsp3) is 0.280. The Labute approximate surface area is 185 Å². The first-order valence-electron chi connectivity index (χ1n) is 10.4. The minimum atomic E-state index is -1.01. The van der Waals surface area contributed by atoms with Gasteiger partial charge < -0.3 is 15.2 Å². The third-order valence-electron chi connectivity index (χ3n) is 5.54. The molecule has 0 saturated carbocycles. The zero-order valence-electron chi connectivity index (χ0n) is 17.6. The van der Waals surface area contributed by atoms with Gasteiger partial charge >= 0.3 is 5.97 Å². The lowest BCUT2D eigenvalue weighted by atomic mass is 9.80. The number of anilines is 1. The number of hydrogen-bond acceptors (Lipinski definition) is 4. The molecule has 0 fully saturated rings. The number of carbonyl (C=O) groups is 2. The number of benzene rings is 2. The minimum absolute atomic E-state index is 0.0501. The first-order chi connectivity index (χ1) is 14.9. The molecule has 0 spiro atoms. The summed E-state index contributed by atoms with van der Waals surface area (Å²) in [7, 11) is 0. The normalized spacial score (nSPS) is 15.4. The van der Waals surface area contributed by atoms with Crippen LogP contribution in [0, 0.1) is 0 Å². The van der Waals surface area contributed by atoms with Crippen LogP contribution < -0.4 is 10.1 Å². The summed E-state index contributed by atoms with van der Waals surface area (Å²) in [6, 6.07) is 15.2. The van der Waals surface area contributed by atoms with Crippen LogP contribution in [0.4, 0.5) is 5.00 Å². The largest absolute Gasteiger partial charge is 0.491 e. The molecule has 160 valence electrons. The summed E-state index contributed by atoms with van der Waals surface area (Å²) >= 11 is 1.28. The fourth-order valence-corrected chi connectivity index (χ4v) is 5.11. The van der Waals surface area contributed by atoms with Crippen molar-refractivity contribution in [2.24, 2.45) is 0 Å². The summed E-state index contributed by atoms with van der Waals surface area (Å²) in [5.41, 5.74) is 4.08. The second-order valence-corrected chi connectivity index (χ2v) is 8.93. The van der Waals surface area contributed by atoms with Crippen LogP contribution in [0.3, 0.4) is 0 Å². The molecule has 0 saturated heterocycles. The predicted molar refractivity (Wildman–Crippen MR) is 123 cm³/mol. The van der Waals surface area contributed by atoms with Crippen molar-refractivity contribution in [1.29, 1.82) is 0 Å². The maximum absolute atomic E-state index is 12.7. The predicted octanol–water partition coefficient (Wildman–Crippen LogP) is 5.76. The number of hydrogen-bond donors (Lipinski definition) is 2. The molecule has 0 radical (unpaired) electrons. The SMILES string of the molecule is CC(C)Oc1ccc(C(=O)Nc2scc(C3CCc4ccccc4C3)c2C(=O)O)cc1. The third-order valence-corrected chi connectivity index (χ3v) is 6.45. The van der Waals surface area contributed by atoms with Gasteiger partial charge in [-0.3, -0.25) is 4.79 Å². The molecule has 2 N–H and O–H groups in total. The smallest absolute Gasteiger partial charge is 0.339 e. The van der Waals surface area contributed by atoms with E-state index in [4.69, 9.17) is 4.74 Å². The number of ether oxygens (including phenoxy) is 1. The molecule has 0 bridgehead atoms. The number of nitrogens with one attached hydrogen (secondary N) is 1. The lowest BCUT2D eigenvalue weighted by Gasteiger charge is -2.24. The zero-order valence-corrected chi connectivity index (χ0v) is 18.4. The number of carboxylic acid groups (broad SMARTS) is 1. The van der Waals surface area contributed by atoms with Gasteiger partial charge in [0, 0.05) is 5.56 Å². The van der Waals surface area contributed by atoms with Crippen LogP contribution in [0.2, 0.25) is 0 Å². The molecule has 0 aliphatic heterocycles. The van der Waals surface area contributed by atoms with Crippen LogP contribution in [0.1, 0.15) is 63.6 Å². The molecule has 1 atom stereocenters. The quantitative estimate of drug-likeness (QED) is 0.516. The first-order valence-corrected chi connectivity index (χ1v) is 11.3. The number of aromatic carboxylic acids is 1. The van der Waals surface area contributed by atoms with Gasteiger partial charge in [0.1, 0.15) is 10.8 Å². The van der Waals surface area contributed by atoms with Crippen molar-refractivity contribution in [3.8, 4) is 5.75 Å². The number of carboxylic acids is 1. The van der Waals surface area contributed by atoms with Crippen molar-refractivity contribution >= 4 is 28.2 Å². The maximum Gasteiger partial charge on any atom is 0.339 e. The number of fused-ring (bicyclic) bond motifs is 1. The van der Waals surface area contributed by atoms with Crippen LogP contribution in [-0.4, -0.2) is 23.1 Å². The van der Waals surface area contributed by atoms with Crippen LogP contribution in [-0.2, 0) is 12.8 Å². The molecule has 6 heteroatoms. The van der Waals surface area contributed by atoms with Crippen molar-refractivity contribution in [2.45, 2.75) is 45.1 Å². The summed E-state index contributed by atoms with van der Waals surface area (Å²) in [5, 5.41) is 15.0. The van der Waals surface area contributed by atoms with Crippen LogP contribution >= 0.6 is 11.3 Å². The average Bonchev–Trinajstić information content (AvgIpc) is 3.17. The van der Waals surface area contributed by atoms with Crippen molar-refractivity contribution in [3.05, 3.63) is 81.7 Å².